The molecule has 1 atom stereocenters. The number of benzene rings is 3. The molecule has 2 heterocycles. The second kappa shape index (κ2) is 17.7. The maximum Gasteiger partial charge on any atom is 0.336 e. The lowest BCUT2D eigenvalue weighted by atomic mass is 9.80. The summed E-state index contributed by atoms with van der Waals surface area (Å²) >= 11 is 6.45. The first-order valence-corrected chi connectivity index (χ1v) is 16.9. The van der Waals surface area contributed by atoms with Crippen molar-refractivity contribution in [1.82, 2.24) is 10.2 Å². The van der Waals surface area contributed by atoms with Crippen LogP contribution in [0.25, 0.3) is 0 Å². The van der Waals surface area contributed by atoms with Crippen LogP contribution >= 0.6 is 11.6 Å². The fourth-order valence-corrected chi connectivity index (χ4v) is 6.63. The zero-order chi connectivity index (χ0) is 33.7. The molecule has 0 radical (unpaired) electrons. The Morgan fingerprint density at radius 1 is 0.896 bits per heavy atom. The Labute approximate surface area is 287 Å². The number of hydrogen-bond donors (Lipinski definition) is 1. The van der Waals surface area contributed by atoms with Crippen molar-refractivity contribution in [3.63, 3.8) is 0 Å². The molecule has 0 saturated carbocycles. The largest absolute Gasteiger partial charge is 0.462 e. The SMILES string of the molecule is CC1=C(C(=O)OCCC#N)C(c2cccc(Cl)c2)C(C(=O)OCCC(c2ccccc2)c2ccccc2)=C(COCCN2CCCC2)N1. The number of nitriles is 1. The van der Waals surface area contributed by atoms with Crippen LogP contribution in [0, 0.1) is 11.3 Å². The van der Waals surface area contributed by atoms with Gasteiger partial charge in [-0.3, -0.25) is 0 Å². The lowest BCUT2D eigenvalue weighted by molar-refractivity contribution is -0.140. The van der Waals surface area contributed by atoms with Gasteiger partial charge in [0.1, 0.15) is 6.61 Å². The minimum Gasteiger partial charge on any atom is -0.462 e. The van der Waals surface area contributed by atoms with E-state index in [2.05, 4.69) is 34.5 Å². The number of halogens is 1. The molecule has 8 nitrogen and oxygen atoms in total. The van der Waals surface area contributed by atoms with E-state index >= 15 is 0 Å². The van der Waals surface area contributed by atoms with Gasteiger partial charge in [-0.15, -0.1) is 0 Å². The van der Waals surface area contributed by atoms with Crippen molar-refractivity contribution in [3.8, 4) is 6.07 Å². The molecule has 3 aromatic rings. The highest BCUT2D eigenvalue weighted by molar-refractivity contribution is 6.30. The van der Waals surface area contributed by atoms with Gasteiger partial charge in [0.15, 0.2) is 0 Å². The normalized spacial score (nSPS) is 16.5. The summed E-state index contributed by atoms with van der Waals surface area (Å²) in [6.45, 7) is 5.40. The summed E-state index contributed by atoms with van der Waals surface area (Å²) in [4.78, 5) is 30.2. The van der Waals surface area contributed by atoms with Crippen molar-refractivity contribution >= 4 is 23.5 Å². The first kappa shape index (κ1) is 34.9. The molecule has 2 aliphatic heterocycles. The van der Waals surface area contributed by atoms with E-state index in [1.165, 1.54) is 12.8 Å². The zero-order valence-electron chi connectivity index (χ0n) is 27.3. The lowest BCUT2D eigenvalue weighted by Crippen LogP contribution is -2.35. The van der Waals surface area contributed by atoms with Gasteiger partial charge in [-0.1, -0.05) is 84.4 Å². The van der Waals surface area contributed by atoms with Gasteiger partial charge in [-0.25, -0.2) is 9.59 Å². The van der Waals surface area contributed by atoms with Gasteiger partial charge >= 0.3 is 11.9 Å². The van der Waals surface area contributed by atoms with Gasteiger partial charge in [-0.2, -0.15) is 5.26 Å². The average Bonchev–Trinajstić information content (AvgIpc) is 3.63. The first-order chi connectivity index (χ1) is 23.5. The standard InChI is InChI=1S/C39H42ClN3O5/c1-28-35(38(44)47-23-11-19-41)36(31-16-10-17-32(40)26-31)37(34(42-28)27-46-25-22-43-20-8-9-21-43)39(45)48-24-18-33(29-12-4-2-5-13-29)30-14-6-3-7-15-30/h2-7,10,12-17,26,33,36,42H,8-9,11,18,20-25,27H2,1H3. The van der Waals surface area contributed by atoms with Crippen LogP contribution in [0.2, 0.25) is 5.02 Å². The van der Waals surface area contributed by atoms with Gasteiger partial charge in [0.2, 0.25) is 0 Å². The summed E-state index contributed by atoms with van der Waals surface area (Å²) in [7, 11) is 0. The topological polar surface area (TPSA) is 101 Å². The number of carbonyl (C=O) groups is 2. The predicted molar refractivity (Wildman–Crippen MR) is 185 cm³/mol. The van der Waals surface area contributed by atoms with Crippen LogP contribution in [-0.4, -0.2) is 62.9 Å². The van der Waals surface area contributed by atoms with Crippen molar-refractivity contribution in [1.29, 1.82) is 5.26 Å². The minimum atomic E-state index is -0.830. The Bertz CT molecular complexity index is 1610. The van der Waals surface area contributed by atoms with E-state index in [1.54, 1.807) is 25.1 Å². The number of allylic oxidation sites excluding steroid dienone is 1. The van der Waals surface area contributed by atoms with Crippen LogP contribution in [0.15, 0.2) is 107 Å². The number of nitrogens with zero attached hydrogens (tertiary/aromatic N) is 2. The third-order valence-electron chi connectivity index (χ3n) is 8.75. The lowest BCUT2D eigenvalue weighted by Gasteiger charge is -2.32. The van der Waals surface area contributed by atoms with Crippen molar-refractivity contribution < 1.29 is 23.8 Å². The molecule has 1 fully saturated rings. The molecule has 48 heavy (non-hydrogen) atoms. The van der Waals surface area contributed by atoms with E-state index in [0.29, 0.717) is 35.0 Å². The average molecular weight is 668 g/mol. The molecule has 5 rings (SSSR count). The van der Waals surface area contributed by atoms with Crippen LogP contribution in [-0.2, 0) is 23.8 Å². The highest BCUT2D eigenvalue weighted by atomic mass is 35.5. The Hall–Kier alpha value is -4.42. The van der Waals surface area contributed by atoms with Gasteiger partial charge < -0.3 is 24.4 Å². The third kappa shape index (κ3) is 9.13. The fourth-order valence-electron chi connectivity index (χ4n) is 6.43. The van der Waals surface area contributed by atoms with Gasteiger partial charge in [-0.05, 0) is 68.1 Å². The highest BCUT2D eigenvalue weighted by Gasteiger charge is 2.39. The zero-order valence-corrected chi connectivity index (χ0v) is 28.1. The number of nitrogens with one attached hydrogen (secondary N) is 1. The Balaban J connectivity index is 1.44. The van der Waals surface area contributed by atoms with Gasteiger partial charge in [0, 0.05) is 23.2 Å². The quantitative estimate of drug-likeness (QED) is 0.138. The number of esters is 2. The van der Waals surface area contributed by atoms with E-state index in [9.17, 15) is 9.59 Å². The maximum absolute atomic E-state index is 14.3. The summed E-state index contributed by atoms with van der Waals surface area (Å²) in [5, 5.41) is 12.8. The Kier molecular flexibility index (Phi) is 12.8. The molecule has 0 aliphatic carbocycles. The van der Waals surface area contributed by atoms with Crippen molar-refractivity contribution in [2.75, 3.05) is 46.1 Å². The number of ether oxygens (including phenoxy) is 3. The van der Waals surface area contributed by atoms with E-state index < -0.39 is 17.9 Å². The number of likely N-dealkylation sites (tertiary alicyclic amines) is 1. The molecule has 1 unspecified atom stereocenters. The highest BCUT2D eigenvalue weighted by Crippen LogP contribution is 2.40. The molecule has 250 valence electrons. The van der Waals surface area contributed by atoms with Gasteiger partial charge in [0.05, 0.1) is 55.1 Å². The smallest absolute Gasteiger partial charge is 0.336 e. The van der Waals surface area contributed by atoms with Crippen molar-refractivity contribution in [3.05, 3.63) is 129 Å². The number of rotatable bonds is 15. The molecule has 0 aromatic heterocycles. The van der Waals surface area contributed by atoms with Crippen molar-refractivity contribution in [2.24, 2.45) is 0 Å². The summed E-state index contributed by atoms with van der Waals surface area (Å²) in [6.07, 6.45) is 2.99. The summed E-state index contributed by atoms with van der Waals surface area (Å²) in [5.41, 5.74) is 4.49. The molecule has 1 saturated heterocycles. The molecule has 0 bridgehead atoms. The first-order valence-electron chi connectivity index (χ1n) is 16.5. The molecule has 0 amide bonds. The predicted octanol–water partition coefficient (Wildman–Crippen LogP) is 6.89. The minimum absolute atomic E-state index is 0.0172. The molecule has 2 aliphatic rings. The molecular formula is C39H42ClN3O5. The van der Waals surface area contributed by atoms with E-state index in [1.807, 2.05) is 48.5 Å². The van der Waals surface area contributed by atoms with Crippen LogP contribution in [0.1, 0.15) is 61.1 Å². The van der Waals surface area contributed by atoms with Crippen LogP contribution in [0.5, 0.6) is 0 Å². The molecule has 9 heteroatoms. The second-order valence-corrected chi connectivity index (χ2v) is 12.4. The molecular weight excluding hydrogens is 626 g/mol. The van der Waals surface area contributed by atoms with E-state index in [4.69, 9.17) is 31.1 Å². The second-order valence-electron chi connectivity index (χ2n) is 12.0. The maximum atomic E-state index is 14.3. The van der Waals surface area contributed by atoms with Crippen LogP contribution in [0.4, 0.5) is 0 Å². The fraction of sp³-hybridized carbons (Fsp3) is 0.359. The Morgan fingerprint density at radius 2 is 1.54 bits per heavy atom. The molecule has 3 aromatic carbocycles. The van der Waals surface area contributed by atoms with Crippen molar-refractivity contribution in [2.45, 2.75) is 44.4 Å². The summed E-state index contributed by atoms with van der Waals surface area (Å²) < 4.78 is 17.7. The van der Waals surface area contributed by atoms with Crippen LogP contribution in [0.3, 0.4) is 0 Å². The van der Waals surface area contributed by atoms with E-state index in [0.717, 1.165) is 30.8 Å². The summed E-state index contributed by atoms with van der Waals surface area (Å²) in [5.74, 6) is -1.99. The van der Waals surface area contributed by atoms with Gasteiger partial charge in [0.25, 0.3) is 0 Å². The third-order valence-corrected chi connectivity index (χ3v) is 8.99. The summed E-state index contributed by atoms with van der Waals surface area (Å²) in [6, 6.07) is 29.4. The molecule has 1 N–H and O–H groups in total. The number of dihydropyridines is 1. The number of hydrogen-bond acceptors (Lipinski definition) is 8. The molecule has 0 spiro atoms. The number of carbonyl (C=O) groups excluding carboxylic acids is 2. The van der Waals surface area contributed by atoms with E-state index in [-0.39, 0.29) is 43.3 Å². The monoisotopic (exact) mass is 667 g/mol. The van der Waals surface area contributed by atoms with Crippen LogP contribution < -0.4 is 5.32 Å². The Morgan fingerprint density at radius 3 is 2.19 bits per heavy atom.